The summed E-state index contributed by atoms with van der Waals surface area (Å²) in [6.45, 7) is 7.87. The van der Waals surface area contributed by atoms with Gasteiger partial charge in [0.05, 0.1) is 19.8 Å². The third-order valence-corrected chi connectivity index (χ3v) is 1.83. The topological polar surface area (TPSA) is 24.8 Å². The van der Waals surface area contributed by atoms with Gasteiger partial charge in [-0.1, -0.05) is 0 Å². The van der Waals surface area contributed by atoms with Gasteiger partial charge in [0.15, 0.2) is 0 Å². The molecule has 3 nitrogen and oxygen atoms in total. The summed E-state index contributed by atoms with van der Waals surface area (Å²) < 4.78 is 5.23. The van der Waals surface area contributed by atoms with Crippen molar-refractivity contribution in [1.29, 1.82) is 0 Å². The van der Waals surface area contributed by atoms with Gasteiger partial charge in [0.2, 0.25) is 0 Å². The first-order valence-corrected chi connectivity index (χ1v) is 4.18. The van der Waals surface area contributed by atoms with Crippen molar-refractivity contribution in [3.63, 3.8) is 0 Å². The molecule has 0 aromatic rings. The zero-order chi connectivity index (χ0) is 7.94. The van der Waals surface area contributed by atoms with Crippen LogP contribution < -0.4 is 0 Å². The fourth-order valence-electron chi connectivity index (χ4n) is 1.15. The van der Waals surface area contributed by atoms with Crippen LogP contribution in [-0.4, -0.2) is 50.5 Å². The van der Waals surface area contributed by atoms with Crippen LogP contribution in [0.4, 0.5) is 0 Å². The molecule has 64 valence electrons. The molecule has 1 aliphatic rings. The van der Waals surface area contributed by atoms with Crippen molar-refractivity contribution >= 4 is 6.21 Å². The highest BCUT2D eigenvalue weighted by molar-refractivity contribution is 5.53. The summed E-state index contributed by atoms with van der Waals surface area (Å²) in [5.41, 5.74) is 0. The van der Waals surface area contributed by atoms with Crippen molar-refractivity contribution in [2.45, 2.75) is 6.92 Å². The van der Waals surface area contributed by atoms with E-state index in [4.69, 9.17) is 4.74 Å². The standard InChI is InChI=1S/C8H16N2O/c1-2-9-3-4-10-5-7-11-8-6-10/h2H,3-8H2,1H3. The lowest BCUT2D eigenvalue weighted by Crippen LogP contribution is -2.37. The van der Waals surface area contributed by atoms with E-state index >= 15 is 0 Å². The fraction of sp³-hybridized carbons (Fsp3) is 0.875. The first kappa shape index (κ1) is 8.68. The molecule has 0 aromatic heterocycles. The summed E-state index contributed by atoms with van der Waals surface area (Å²) in [6.07, 6.45) is 1.86. The molecule has 0 saturated carbocycles. The van der Waals surface area contributed by atoms with Crippen LogP contribution in [0.15, 0.2) is 4.99 Å². The van der Waals surface area contributed by atoms with Crippen molar-refractivity contribution in [1.82, 2.24) is 4.90 Å². The highest BCUT2D eigenvalue weighted by Gasteiger charge is 2.08. The average molecular weight is 156 g/mol. The van der Waals surface area contributed by atoms with Gasteiger partial charge in [-0.2, -0.15) is 0 Å². The largest absolute Gasteiger partial charge is 0.379 e. The molecule has 0 atom stereocenters. The minimum atomic E-state index is 0.885. The molecule has 0 bridgehead atoms. The lowest BCUT2D eigenvalue weighted by Gasteiger charge is -2.25. The van der Waals surface area contributed by atoms with Crippen molar-refractivity contribution in [3.05, 3.63) is 0 Å². The predicted molar refractivity (Wildman–Crippen MR) is 46.3 cm³/mol. The molecule has 1 fully saturated rings. The van der Waals surface area contributed by atoms with Crippen molar-refractivity contribution in [2.75, 3.05) is 39.4 Å². The minimum Gasteiger partial charge on any atom is -0.379 e. The van der Waals surface area contributed by atoms with Crippen LogP contribution in [0.1, 0.15) is 6.92 Å². The smallest absolute Gasteiger partial charge is 0.0594 e. The summed E-state index contributed by atoms with van der Waals surface area (Å²) in [5, 5.41) is 0. The maximum absolute atomic E-state index is 5.23. The predicted octanol–water partition coefficient (Wildman–Crippen LogP) is 0.409. The number of morpholine rings is 1. The lowest BCUT2D eigenvalue weighted by molar-refractivity contribution is 0.0395. The summed E-state index contributed by atoms with van der Waals surface area (Å²) in [6, 6.07) is 0. The third kappa shape index (κ3) is 3.49. The summed E-state index contributed by atoms with van der Waals surface area (Å²) in [4.78, 5) is 6.54. The number of nitrogens with zero attached hydrogens (tertiary/aromatic N) is 2. The van der Waals surface area contributed by atoms with Gasteiger partial charge in [-0.25, -0.2) is 0 Å². The van der Waals surface area contributed by atoms with Gasteiger partial charge in [0.25, 0.3) is 0 Å². The molecule has 1 aliphatic heterocycles. The first-order chi connectivity index (χ1) is 5.43. The molecule has 0 radical (unpaired) electrons. The lowest BCUT2D eigenvalue weighted by atomic mass is 10.4. The van der Waals surface area contributed by atoms with Gasteiger partial charge >= 0.3 is 0 Å². The maximum atomic E-state index is 5.23. The van der Waals surface area contributed by atoms with Crippen LogP contribution >= 0.6 is 0 Å². The van der Waals surface area contributed by atoms with Crippen LogP contribution in [0.5, 0.6) is 0 Å². The Balaban J connectivity index is 2.04. The number of aliphatic imine (C=N–C) groups is 1. The molecular weight excluding hydrogens is 140 g/mol. The van der Waals surface area contributed by atoms with Crippen LogP contribution in [0.25, 0.3) is 0 Å². The molecule has 0 amide bonds. The van der Waals surface area contributed by atoms with Gasteiger partial charge in [0.1, 0.15) is 0 Å². The van der Waals surface area contributed by atoms with E-state index in [0.29, 0.717) is 0 Å². The number of hydrogen-bond donors (Lipinski definition) is 0. The van der Waals surface area contributed by atoms with E-state index in [9.17, 15) is 0 Å². The Morgan fingerprint density at radius 2 is 2.18 bits per heavy atom. The molecule has 11 heavy (non-hydrogen) atoms. The zero-order valence-electron chi connectivity index (χ0n) is 7.12. The molecule has 0 spiro atoms. The van der Waals surface area contributed by atoms with Crippen molar-refractivity contribution < 1.29 is 4.74 Å². The first-order valence-electron chi connectivity index (χ1n) is 4.18. The van der Waals surface area contributed by atoms with Crippen LogP contribution in [-0.2, 0) is 4.74 Å². The second-order valence-electron chi connectivity index (χ2n) is 2.62. The number of rotatable bonds is 3. The Bertz CT molecular complexity index is 119. The third-order valence-electron chi connectivity index (χ3n) is 1.83. The van der Waals surface area contributed by atoms with Gasteiger partial charge in [0, 0.05) is 19.6 Å². The van der Waals surface area contributed by atoms with E-state index in [2.05, 4.69) is 9.89 Å². The monoisotopic (exact) mass is 156 g/mol. The van der Waals surface area contributed by atoms with E-state index < -0.39 is 0 Å². The van der Waals surface area contributed by atoms with E-state index in [1.807, 2.05) is 13.1 Å². The Kier molecular flexibility index (Phi) is 4.16. The zero-order valence-corrected chi connectivity index (χ0v) is 7.12. The van der Waals surface area contributed by atoms with Crippen LogP contribution in [0.3, 0.4) is 0 Å². The molecule has 1 heterocycles. The molecule has 1 saturated heterocycles. The van der Waals surface area contributed by atoms with Crippen molar-refractivity contribution in [3.8, 4) is 0 Å². The highest BCUT2D eigenvalue weighted by atomic mass is 16.5. The van der Waals surface area contributed by atoms with Gasteiger partial charge in [-0.05, 0) is 13.1 Å². The summed E-state index contributed by atoms with van der Waals surface area (Å²) in [7, 11) is 0. The van der Waals surface area contributed by atoms with E-state index in [0.717, 1.165) is 39.4 Å². The summed E-state index contributed by atoms with van der Waals surface area (Å²) >= 11 is 0. The molecule has 0 aliphatic carbocycles. The van der Waals surface area contributed by atoms with Crippen LogP contribution in [0.2, 0.25) is 0 Å². The van der Waals surface area contributed by atoms with E-state index in [1.165, 1.54) is 0 Å². The average Bonchev–Trinajstić information content (AvgIpc) is 2.07. The number of hydrogen-bond acceptors (Lipinski definition) is 3. The molecule has 0 aromatic carbocycles. The van der Waals surface area contributed by atoms with Gasteiger partial charge in [-0.3, -0.25) is 9.89 Å². The minimum absolute atomic E-state index is 0.885. The van der Waals surface area contributed by atoms with Crippen molar-refractivity contribution in [2.24, 2.45) is 4.99 Å². The fourth-order valence-corrected chi connectivity index (χ4v) is 1.15. The Morgan fingerprint density at radius 3 is 2.82 bits per heavy atom. The Morgan fingerprint density at radius 1 is 1.45 bits per heavy atom. The molecule has 1 rings (SSSR count). The Hall–Kier alpha value is -0.410. The highest BCUT2D eigenvalue weighted by Crippen LogP contribution is 1.95. The van der Waals surface area contributed by atoms with Gasteiger partial charge in [-0.15, -0.1) is 0 Å². The second kappa shape index (κ2) is 5.27. The molecule has 3 heteroatoms. The van der Waals surface area contributed by atoms with Gasteiger partial charge < -0.3 is 4.74 Å². The summed E-state index contributed by atoms with van der Waals surface area (Å²) in [5.74, 6) is 0. The Labute approximate surface area is 68.1 Å². The maximum Gasteiger partial charge on any atom is 0.0594 e. The van der Waals surface area contributed by atoms with E-state index in [-0.39, 0.29) is 0 Å². The molecular formula is C8H16N2O. The van der Waals surface area contributed by atoms with E-state index in [1.54, 1.807) is 0 Å². The SMILES string of the molecule is CC=NCCN1CCOCC1. The number of ether oxygens (including phenoxy) is 1. The quantitative estimate of drug-likeness (QED) is 0.553. The molecule has 0 unspecified atom stereocenters. The second-order valence-corrected chi connectivity index (χ2v) is 2.62. The van der Waals surface area contributed by atoms with Crippen LogP contribution in [0, 0.1) is 0 Å². The normalized spacial score (nSPS) is 21.2. The molecule has 0 N–H and O–H groups in total.